The molecule has 1 aliphatic rings. The van der Waals surface area contributed by atoms with Gasteiger partial charge in [-0.25, -0.2) is 4.98 Å². The maximum Gasteiger partial charge on any atom is 0.267 e. The summed E-state index contributed by atoms with van der Waals surface area (Å²) in [4.78, 5) is 18.1. The number of thiazole rings is 1. The number of carbonyl (C=O) groups is 1. The molecule has 1 aromatic heterocycles. The van der Waals surface area contributed by atoms with Crippen molar-refractivity contribution in [3.63, 3.8) is 0 Å². The standard InChI is InChI=1S/C8H12N4OS/c1-10-8-11-6(9)5(14-8)7(13)12-3-2-4-12/h2-4,9H2,1H3,(H,10,11). The Hall–Kier alpha value is -1.30. The highest BCUT2D eigenvalue weighted by atomic mass is 32.1. The van der Waals surface area contributed by atoms with Crippen LogP contribution in [0, 0.1) is 0 Å². The smallest absolute Gasteiger partial charge is 0.267 e. The number of likely N-dealkylation sites (tertiary alicyclic amines) is 1. The molecule has 1 aromatic rings. The van der Waals surface area contributed by atoms with Gasteiger partial charge in [-0.05, 0) is 6.42 Å². The van der Waals surface area contributed by atoms with Crippen LogP contribution < -0.4 is 11.1 Å². The van der Waals surface area contributed by atoms with Crippen molar-refractivity contribution in [2.75, 3.05) is 31.2 Å². The van der Waals surface area contributed by atoms with Gasteiger partial charge in [-0.1, -0.05) is 11.3 Å². The second-order valence-electron chi connectivity index (χ2n) is 3.13. The fraction of sp³-hybridized carbons (Fsp3) is 0.500. The minimum atomic E-state index is 0.00718. The van der Waals surface area contributed by atoms with E-state index in [0.717, 1.165) is 19.5 Å². The van der Waals surface area contributed by atoms with Crippen molar-refractivity contribution in [2.24, 2.45) is 0 Å². The topological polar surface area (TPSA) is 71.2 Å². The van der Waals surface area contributed by atoms with E-state index in [1.807, 2.05) is 0 Å². The molecule has 1 fully saturated rings. The lowest BCUT2D eigenvalue weighted by Gasteiger charge is -2.30. The number of hydrogen-bond acceptors (Lipinski definition) is 5. The van der Waals surface area contributed by atoms with Crippen LogP contribution in [-0.2, 0) is 0 Å². The molecule has 0 bridgehead atoms. The van der Waals surface area contributed by atoms with E-state index in [0.29, 0.717) is 15.8 Å². The number of nitrogens with zero attached hydrogens (tertiary/aromatic N) is 2. The average Bonchev–Trinajstić information content (AvgIpc) is 2.43. The third-order valence-corrected chi connectivity index (χ3v) is 3.28. The van der Waals surface area contributed by atoms with Crippen LogP contribution in [0.2, 0.25) is 0 Å². The zero-order chi connectivity index (χ0) is 10.1. The van der Waals surface area contributed by atoms with Gasteiger partial charge in [-0.3, -0.25) is 4.79 Å². The van der Waals surface area contributed by atoms with Crippen LogP contribution >= 0.6 is 11.3 Å². The molecule has 0 aliphatic carbocycles. The number of amides is 1. The summed E-state index contributed by atoms with van der Waals surface area (Å²) < 4.78 is 0. The van der Waals surface area contributed by atoms with Crippen molar-refractivity contribution in [1.82, 2.24) is 9.88 Å². The molecule has 5 nitrogen and oxygen atoms in total. The summed E-state index contributed by atoms with van der Waals surface area (Å²) in [5, 5.41) is 3.56. The van der Waals surface area contributed by atoms with Crippen LogP contribution in [0.3, 0.4) is 0 Å². The fourth-order valence-electron chi connectivity index (χ4n) is 1.26. The first-order valence-corrected chi connectivity index (χ1v) is 5.27. The average molecular weight is 212 g/mol. The van der Waals surface area contributed by atoms with E-state index in [1.165, 1.54) is 11.3 Å². The molecule has 0 radical (unpaired) electrons. The molecule has 0 saturated carbocycles. The van der Waals surface area contributed by atoms with Crippen molar-refractivity contribution in [3.8, 4) is 0 Å². The lowest BCUT2D eigenvalue weighted by atomic mass is 10.2. The zero-order valence-corrected chi connectivity index (χ0v) is 8.73. The normalized spacial score (nSPS) is 15.1. The molecule has 0 spiro atoms. The Balaban J connectivity index is 2.21. The van der Waals surface area contributed by atoms with E-state index < -0.39 is 0 Å². The minimum Gasteiger partial charge on any atom is -0.382 e. The monoisotopic (exact) mass is 212 g/mol. The molecular formula is C8H12N4OS. The lowest BCUT2D eigenvalue weighted by molar-refractivity contribution is 0.0658. The van der Waals surface area contributed by atoms with Crippen LogP contribution in [0.15, 0.2) is 0 Å². The third kappa shape index (κ3) is 1.41. The van der Waals surface area contributed by atoms with Gasteiger partial charge in [0.1, 0.15) is 10.7 Å². The van der Waals surface area contributed by atoms with E-state index in [1.54, 1.807) is 11.9 Å². The second-order valence-corrected chi connectivity index (χ2v) is 4.13. The van der Waals surface area contributed by atoms with Crippen LogP contribution in [0.1, 0.15) is 16.1 Å². The molecule has 1 aliphatic heterocycles. The van der Waals surface area contributed by atoms with Gasteiger partial charge in [0.2, 0.25) is 0 Å². The largest absolute Gasteiger partial charge is 0.382 e. The Morgan fingerprint density at radius 1 is 1.64 bits per heavy atom. The van der Waals surface area contributed by atoms with Gasteiger partial charge in [0.15, 0.2) is 5.13 Å². The van der Waals surface area contributed by atoms with Crippen molar-refractivity contribution in [3.05, 3.63) is 4.88 Å². The predicted octanol–water partition coefficient (Wildman–Crippen LogP) is 0.613. The number of carbonyl (C=O) groups excluding carboxylic acids is 1. The van der Waals surface area contributed by atoms with Crippen molar-refractivity contribution in [1.29, 1.82) is 0 Å². The molecule has 2 heterocycles. The maximum absolute atomic E-state index is 11.8. The van der Waals surface area contributed by atoms with E-state index in [-0.39, 0.29) is 5.91 Å². The van der Waals surface area contributed by atoms with Gasteiger partial charge in [0.05, 0.1) is 0 Å². The van der Waals surface area contributed by atoms with Crippen molar-refractivity contribution < 1.29 is 4.79 Å². The summed E-state index contributed by atoms with van der Waals surface area (Å²) in [7, 11) is 1.76. The number of rotatable bonds is 2. The zero-order valence-electron chi connectivity index (χ0n) is 7.91. The Morgan fingerprint density at radius 3 is 2.79 bits per heavy atom. The van der Waals surface area contributed by atoms with E-state index >= 15 is 0 Å². The van der Waals surface area contributed by atoms with Crippen molar-refractivity contribution in [2.45, 2.75) is 6.42 Å². The predicted molar refractivity (Wildman–Crippen MR) is 56.6 cm³/mol. The van der Waals surface area contributed by atoms with Gasteiger partial charge < -0.3 is 16.0 Å². The Morgan fingerprint density at radius 2 is 2.36 bits per heavy atom. The quantitative estimate of drug-likeness (QED) is 0.753. The third-order valence-electron chi connectivity index (χ3n) is 2.20. The molecule has 3 N–H and O–H groups in total. The minimum absolute atomic E-state index is 0.00718. The molecule has 1 saturated heterocycles. The number of hydrogen-bond donors (Lipinski definition) is 2. The highest BCUT2D eigenvalue weighted by Gasteiger charge is 2.25. The SMILES string of the molecule is CNc1nc(N)c(C(=O)N2CCC2)s1. The van der Waals surface area contributed by atoms with Gasteiger partial charge in [0, 0.05) is 20.1 Å². The number of anilines is 2. The van der Waals surface area contributed by atoms with Gasteiger partial charge >= 0.3 is 0 Å². The fourth-order valence-corrected chi connectivity index (χ4v) is 2.06. The highest BCUT2D eigenvalue weighted by Crippen LogP contribution is 2.27. The number of nitrogen functional groups attached to an aromatic ring is 1. The highest BCUT2D eigenvalue weighted by molar-refractivity contribution is 7.18. The van der Waals surface area contributed by atoms with E-state index in [9.17, 15) is 4.79 Å². The van der Waals surface area contributed by atoms with E-state index in [2.05, 4.69) is 10.3 Å². The first-order valence-electron chi connectivity index (χ1n) is 4.45. The van der Waals surface area contributed by atoms with Crippen LogP contribution in [-0.4, -0.2) is 35.9 Å². The second kappa shape index (κ2) is 3.45. The first-order chi connectivity index (χ1) is 6.72. The molecule has 76 valence electrons. The number of nitrogens with two attached hydrogens (primary N) is 1. The Bertz CT molecular complexity index is 358. The summed E-state index contributed by atoms with van der Waals surface area (Å²) in [6.07, 6.45) is 1.09. The molecule has 2 rings (SSSR count). The van der Waals surface area contributed by atoms with Crippen molar-refractivity contribution >= 4 is 28.2 Å². The van der Waals surface area contributed by atoms with Crippen LogP contribution in [0.5, 0.6) is 0 Å². The van der Waals surface area contributed by atoms with Crippen LogP contribution in [0.25, 0.3) is 0 Å². The maximum atomic E-state index is 11.8. The van der Waals surface area contributed by atoms with Gasteiger partial charge in [-0.15, -0.1) is 0 Å². The van der Waals surface area contributed by atoms with Crippen LogP contribution in [0.4, 0.5) is 10.9 Å². The summed E-state index contributed by atoms with van der Waals surface area (Å²) in [6.45, 7) is 1.68. The summed E-state index contributed by atoms with van der Waals surface area (Å²) >= 11 is 1.31. The Labute approximate surface area is 85.9 Å². The van der Waals surface area contributed by atoms with Gasteiger partial charge in [0.25, 0.3) is 5.91 Å². The molecule has 0 atom stereocenters. The Kier molecular flexibility index (Phi) is 2.28. The summed E-state index contributed by atoms with van der Waals surface area (Å²) in [6, 6.07) is 0. The van der Waals surface area contributed by atoms with E-state index in [4.69, 9.17) is 5.73 Å². The molecular weight excluding hydrogens is 200 g/mol. The summed E-state index contributed by atoms with van der Waals surface area (Å²) in [5.41, 5.74) is 5.65. The molecule has 0 aromatic carbocycles. The molecule has 0 unspecified atom stereocenters. The molecule has 14 heavy (non-hydrogen) atoms. The van der Waals surface area contributed by atoms with Gasteiger partial charge in [-0.2, -0.15) is 0 Å². The first kappa shape index (κ1) is 9.26. The molecule has 6 heteroatoms. The number of aromatic nitrogens is 1. The molecule has 1 amide bonds. The number of nitrogens with one attached hydrogen (secondary N) is 1. The lowest BCUT2D eigenvalue weighted by Crippen LogP contribution is -2.41. The summed E-state index contributed by atoms with van der Waals surface area (Å²) in [5.74, 6) is 0.337.